The Kier molecular flexibility index (Phi) is 4.41. The van der Waals surface area contributed by atoms with Crippen molar-refractivity contribution in [3.8, 4) is 5.88 Å². The monoisotopic (exact) mass is 445 g/mol. The zero-order valence-corrected chi connectivity index (χ0v) is 16.8. The SMILES string of the molecule is Oc1[nH]c2cc(Br)ccc2c1C1=Nc2ccccc2/C1=N\OCc1ccccc1. The molecule has 0 atom stereocenters. The maximum Gasteiger partial charge on any atom is 0.199 e. The van der Waals surface area contributed by atoms with E-state index in [4.69, 9.17) is 9.83 Å². The number of aromatic hydroxyl groups is 1. The summed E-state index contributed by atoms with van der Waals surface area (Å²) in [6.07, 6.45) is 0. The van der Waals surface area contributed by atoms with E-state index in [1.165, 1.54) is 0 Å². The molecule has 5 nitrogen and oxygen atoms in total. The van der Waals surface area contributed by atoms with Crippen molar-refractivity contribution >= 4 is 43.9 Å². The van der Waals surface area contributed by atoms with E-state index in [1.807, 2.05) is 72.8 Å². The van der Waals surface area contributed by atoms with Gasteiger partial charge in [0.1, 0.15) is 18.0 Å². The summed E-state index contributed by atoms with van der Waals surface area (Å²) in [6.45, 7) is 0.354. The van der Waals surface area contributed by atoms with Crippen LogP contribution in [0, 0.1) is 0 Å². The Morgan fingerprint density at radius 3 is 2.66 bits per heavy atom. The fraction of sp³-hybridized carbons (Fsp3) is 0.0435. The summed E-state index contributed by atoms with van der Waals surface area (Å²) in [5.41, 5.74) is 5.33. The number of fused-ring (bicyclic) bond motifs is 2. The lowest BCUT2D eigenvalue weighted by Crippen LogP contribution is -2.13. The lowest BCUT2D eigenvalue weighted by Gasteiger charge is -2.05. The molecular weight excluding hydrogens is 430 g/mol. The Labute approximate surface area is 175 Å². The van der Waals surface area contributed by atoms with Crippen molar-refractivity contribution in [2.75, 3.05) is 0 Å². The van der Waals surface area contributed by atoms with E-state index in [1.54, 1.807) is 0 Å². The van der Waals surface area contributed by atoms with Crippen LogP contribution in [0.15, 0.2) is 87.4 Å². The van der Waals surface area contributed by atoms with Crippen molar-refractivity contribution in [3.63, 3.8) is 0 Å². The number of oxime groups is 1. The van der Waals surface area contributed by atoms with E-state index in [9.17, 15) is 5.11 Å². The highest BCUT2D eigenvalue weighted by Crippen LogP contribution is 2.36. The molecule has 0 amide bonds. The first-order valence-electron chi connectivity index (χ1n) is 9.13. The molecule has 5 rings (SSSR count). The molecule has 2 heterocycles. The molecule has 0 saturated heterocycles. The number of halogens is 1. The van der Waals surface area contributed by atoms with Crippen LogP contribution in [0.4, 0.5) is 5.69 Å². The average molecular weight is 446 g/mol. The molecule has 2 N–H and O–H groups in total. The first-order chi connectivity index (χ1) is 14.2. The second-order valence-corrected chi connectivity index (χ2v) is 7.63. The Balaban J connectivity index is 1.58. The van der Waals surface area contributed by atoms with Gasteiger partial charge in [0.15, 0.2) is 5.88 Å². The second kappa shape index (κ2) is 7.22. The Hall–Kier alpha value is -3.38. The van der Waals surface area contributed by atoms with Crippen LogP contribution < -0.4 is 0 Å². The van der Waals surface area contributed by atoms with Gasteiger partial charge in [-0.05, 0) is 23.8 Å². The average Bonchev–Trinajstić information content (AvgIpc) is 3.25. The Bertz CT molecular complexity index is 1280. The van der Waals surface area contributed by atoms with Gasteiger partial charge in [-0.3, -0.25) is 0 Å². The van der Waals surface area contributed by atoms with Crippen molar-refractivity contribution in [1.29, 1.82) is 0 Å². The largest absolute Gasteiger partial charge is 0.494 e. The molecule has 1 aliphatic rings. The van der Waals surface area contributed by atoms with Crippen LogP contribution in [0.25, 0.3) is 10.9 Å². The first kappa shape index (κ1) is 17.7. The number of hydrogen-bond donors (Lipinski definition) is 2. The van der Waals surface area contributed by atoms with Gasteiger partial charge in [-0.1, -0.05) is 75.7 Å². The summed E-state index contributed by atoms with van der Waals surface area (Å²) in [6, 6.07) is 23.4. The number of H-pyrrole nitrogens is 1. The molecular formula is C23H16BrN3O2. The summed E-state index contributed by atoms with van der Waals surface area (Å²) >= 11 is 3.47. The number of aliphatic imine (C=N–C) groups is 1. The van der Waals surface area contributed by atoms with Crippen molar-refractivity contribution in [2.24, 2.45) is 10.1 Å². The summed E-state index contributed by atoms with van der Waals surface area (Å²) in [7, 11) is 0. The van der Waals surface area contributed by atoms with Crippen molar-refractivity contribution in [1.82, 2.24) is 4.98 Å². The van der Waals surface area contributed by atoms with Gasteiger partial charge in [-0.15, -0.1) is 0 Å². The van der Waals surface area contributed by atoms with E-state index >= 15 is 0 Å². The van der Waals surface area contributed by atoms with Gasteiger partial charge < -0.3 is 14.9 Å². The molecule has 4 aromatic rings. The molecule has 0 bridgehead atoms. The van der Waals surface area contributed by atoms with Crippen LogP contribution in [0.5, 0.6) is 5.88 Å². The standard InChI is InChI=1S/C23H16BrN3O2/c24-15-10-11-16-19(12-15)26-23(28)20(16)22-21(17-8-4-5-9-18(17)25-22)27-29-13-14-6-2-1-3-7-14/h1-12,26,28H,13H2/b27-21+. The van der Waals surface area contributed by atoms with Gasteiger partial charge in [-0.2, -0.15) is 0 Å². The molecule has 1 aromatic heterocycles. The van der Waals surface area contributed by atoms with Crippen LogP contribution in [0.2, 0.25) is 0 Å². The third kappa shape index (κ3) is 3.21. The molecule has 0 aliphatic carbocycles. The summed E-state index contributed by atoms with van der Waals surface area (Å²) in [5.74, 6) is 0.0559. The van der Waals surface area contributed by atoms with Crippen molar-refractivity contribution < 1.29 is 9.94 Å². The van der Waals surface area contributed by atoms with Crippen molar-refractivity contribution in [2.45, 2.75) is 6.61 Å². The topological polar surface area (TPSA) is 70.0 Å². The summed E-state index contributed by atoms with van der Waals surface area (Å²) in [5, 5.41) is 15.9. The molecule has 0 radical (unpaired) electrons. The van der Waals surface area contributed by atoms with Crippen LogP contribution >= 0.6 is 15.9 Å². The smallest absolute Gasteiger partial charge is 0.199 e. The first-order valence-corrected chi connectivity index (χ1v) is 9.93. The minimum atomic E-state index is 0.0559. The number of aromatic amines is 1. The normalized spacial score (nSPS) is 14.2. The molecule has 0 fully saturated rings. The van der Waals surface area contributed by atoms with Gasteiger partial charge in [0.2, 0.25) is 0 Å². The summed E-state index contributed by atoms with van der Waals surface area (Å²) < 4.78 is 0.925. The highest BCUT2D eigenvalue weighted by molar-refractivity contribution is 9.10. The number of aromatic nitrogens is 1. The fourth-order valence-corrected chi connectivity index (χ4v) is 3.84. The molecule has 0 saturated carbocycles. The molecule has 6 heteroatoms. The predicted octanol–water partition coefficient (Wildman–Crippen LogP) is 5.69. The Morgan fingerprint density at radius 2 is 1.79 bits per heavy atom. The molecule has 0 spiro atoms. The minimum absolute atomic E-state index is 0.0559. The highest BCUT2D eigenvalue weighted by atomic mass is 79.9. The molecule has 29 heavy (non-hydrogen) atoms. The van der Waals surface area contributed by atoms with E-state index in [-0.39, 0.29) is 5.88 Å². The maximum absolute atomic E-state index is 10.6. The van der Waals surface area contributed by atoms with Crippen LogP contribution in [-0.2, 0) is 11.4 Å². The molecule has 3 aromatic carbocycles. The lowest BCUT2D eigenvalue weighted by molar-refractivity contribution is 0.131. The van der Waals surface area contributed by atoms with Gasteiger partial charge in [0.25, 0.3) is 0 Å². The van der Waals surface area contributed by atoms with Gasteiger partial charge in [-0.25, -0.2) is 4.99 Å². The molecule has 1 aliphatic heterocycles. The minimum Gasteiger partial charge on any atom is -0.494 e. The number of para-hydroxylation sites is 1. The quantitative estimate of drug-likeness (QED) is 0.396. The van der Waals surface area contributed by atoms with E-state index in [2.05, 4.69) is 26.1 Å². The van der Waals surface area contributed by atoms with Crippen LogP contribution in [-0.4, -0.2) is 21.5 Å². The van der Waals surface area contributed by atoms with Crippen molar-refractivity contribution in [3.05, 3.63) is 94.0 Å². The van der Waals surface area contributed by atoms with E-state index in [0.29, 0.717) is 23.6 Å². The van der Waals surface area contributed by atoms with E-state index in [0.717, 1.165) is 32.2 Å². The van der Waals surface area contributed by atoms with Gasteiger partial charge in [0.05, 0.1) is 16.8 Å². The van der Waals surface area contributed by atoms with Gasteiger partial charge in [0, 0.05) is 15.4 Å². The van der Waals surface area contributed by atoms with Crippen LogP contribution in [0.3, 0.4) is 0 Å². The van der Waals surface area contributed by atoms with Gasteiger partial charge >= 0.3 is 0 Å². The predicted molar refractivity (Wildman–Crippen MR) is 118 cm³/mol. The van der Waals surface area contributed by atoms with Crippen LogP contribution in [0.1, 0.15) is 16.7 Å². The number of nitrogens with one attached hydrogen (secondary N) is 1. The number of benzene rings is 3. The lowest BCUT2D eigenvalue weighted by atomic mass is 10.0. The second-order valence-electron chi connectivity index (χ2n) is 6.72. The third-order valence-electron chi connectivity index (χ3n) is 4.82. The third-order valence-corrected chi connectivity index (χ3v) is 5.32. The van der Waals surface area contributed by atoms with E-state index < -0.39 is 0 Å². The molecule has 0 unspecified atom stereocenters. The Morgan fingerprint density at radius 1 is 1.00 bits per heavy atom. The number of rotatable bonds is 4. The fourth-order valence-electron chi connectivity index (χ4n) is 3.48. The molecule has 142 valence electrons. The number of hydrogen-bond acceptors (Lipinski definition) is 4. The zero-order chi connectivity index (χ0) is 19.8. The highest BCUT2D eigenvalue weighted by Gasteiger charge is 2.29. The maximum atomic E-state index is 10.6. The zero-order valence-electron chi connectivity index (χ0n) is 15.3. The summed E-state index contributed by atoms with van der Waals surface area (Å²) in [4.78, 5) is 13.4. The number of nitrogens with zero attached hydrogens (tertiary/aromatic N) is 2.